The van der Waals surface area contributed by atoms with Crippen LogP contribution in [0.15, 0.2) is 199 Å². The largest absolute Gasteiger partial charge is 0.508 e. The third-order valence-corrected chi connectivity index (χ3v) is 25.6. The molecule has 528 valence electrons. The van der Waals surface area contributed by atoms with E-state index in [1.165, 1.54) is 177 Å². The fraction of sp³-hybridized carbons (Fsp3) is 0.478. The van der Waals surface area contributed by atoms with Gasteiger partial charge in [-0.2, -0.15) is 0 Å². The van der Waals surface area contributed by atoms with Crippen LogP contribution in [0.1, 0.15) is 270 Å². The number of unbranched alkanes of at least 4 members (excludes halogenated alkanes) is 8. The van der Waals surface area contributed by atoms with Crippen LogP contribution in [0.3, 0.4) is 0 Å². The summed E-state index contributed by atoms with van der Waals surface area (Å²) < 4.78 is 16.8. The van der Waals surface area contributed by atoms with E-state index in [2.05, 4.69) is 236 Å². The zero-order valence-corrected chi connectivity index (χ0v) is 65.7. The fourth-order valence-corrected chi connectivity index (χ4v) is 18.9. The van der Waals surface area contributed by atoms with Crippen LogP contribution in [-0.2, 0) is 0 Å². The van der Waals surface area contributed by atoms with E-state index in [4.69, 9.17) is 14.2 Å². The molecular formula is C90H127BrO5P+. The first kappa shape index (κ1) is 83.2. The summed E-state index contributed by atoms with van der Waals surface area (Å²) in [6, 6.07) is 63.9. The molecule has 0 bridgehead atoms. The van der Waals surface area contributed by atoms with Gasteiger partial charge in [0, 0.05) is 23.0 Å². The van der Waals surface area contributed by atoms with E-state index in [9.17, 15) is 9.90 Å². The van der Waals surface area contributed by atoms with Gasteiger partial charge in [-0.3, -0.25) is 4.79 Å². The van der Waals surface area contributed by atoms with E-state index in [1.807, 2.05) is 24.3 Å². The van der Waals surface area contributed by atoms with Gasteiger partial charge in [-0.1, -0.05) is 253 Å². The van der Waals surface area contributed by atoms with Gasteiger partial charge in [-0.25, -0.2) is 0 Å². The summed E-state index contributed by atoms with van der Waals surface area (Å²) in [5.74, 6) is 6.87. The van der Waals surface area contributed by atoms with E-state index in [0.29, 0.717) is 46.6 Å². The number of Topliss-reactive ketones (excluding diaryl/α,β-unsaturated/α-hetero) is 1. The Morgan fingerprint density at radius 1 is 0.546 bits per heavy atom. The number of fused-ring (bicyclic) bond motifs is 3. The Labute approximate surface area is 602 Å². The molecular weight excluding hydrogens is 1270 g/mol. The number of hydrogen-bond donors (Lipinski definition) is 1. The molecule has 1 aliphatic heterocycles. The van der Waals surface area contributed by atoms with Crippen molar-refractivity contribution in [2.24, 2.45) is 17.8 Å². The number of hydrogen-bond acceptors (Lipinski definition) is 5. The standard InChI is InChI=1S/C25H38O.C25H30P.C16H24O.C15H24O.C9H10O2.BrH/c1-7-8-9-10-18(3)19(4)20-12-13-21-22-15-17(2)11-14-23(22)25(5,6)26-24(21)16-20;1-3-4-8-15-22(2)26(23-16-9-5-10-17-23,24-18-11-6-12-19-24)25-20-13-7-14-21-25;1-5-6-7-9-13(2)14(3)15-10-8-11-16(12-15)17-4;1-4-5-6-8-12(2)13(3)14-9-7-10-15(16)11-14;1-7(10)8-4-3-5-9(6-8)11-2;/h12-13,15-16,18-19,22-23H,7-11,14H2,1-6H3;5-7,9-14,16-22H,3-4,8,15H2,1-2H3;8,10-12H,5-7,9H2,1-4H3;7,9-13,16H,4-6,8H2,1-3H3;3-6H,1-2H3;1H/q;+1;;;;/b;;14-13+;;;. The molecule has 1 aliphatic carbocycles. The molecule has 7 aromatic rings. The van der Waals surface area contributed by atoms with Crippen LogP contribution in [0, 0.1) is 17.8 Å². The van der Waals surface area contributed by atoms with Crippen molar-refractivity contribution in [2.75, 3.05) is 14.2 Å². The average Bonchev–Trinajstić information content (AvgIpc) is 0.752. The molecule has 2 aliphatic rings. The molecule has 7 atom stereocenters. The summed E-state index contributed by atoms with van der Waals surface area (Å²) in [5, 5.41) is 14.0. The third kappa shape index (κ3) is 25.5. The van der Waals surface area contributed by atoms with Crippen molar-refractivity contribution in [3.63, 3.8) is 0 Å². The first-order valence-corrected chi connectivity index (χ1v) is 38.9. The third-order valence-electron chi connectivity index (χ3n) is 20.7. The molecule has 0 aromatic heterocycles. The number of ketones is 1. The highest BCUT2D eigenvalue weighted by Crippen LogP contribution is 2.61. The molecule has 7 aromatic carbocycles. The molecule has 97 heavy (non-hydrogen) atoms. The summed E-state index contributed by atoms with van der Waals surface area (Å²) in [4.78, 5) is 10.9. The zero-order chi connectivity index (χ0) is 70.0. The SMILES string of the molecule is Br.CCCCC/C(C)=C(\C)c1cccc(OC)c1.CCCCCC(C)C(C)c1ccc2c(c1)OC(C)(C)C1CCC(C)=CC21.CCCCCC(C)C(C)c1cccc(O)c1.CCCCCC(C)[P+](c1ccccc1)(c1ccccc1)c1ccccc1.COc1cccc(C(C)=O)c1. The molecule has 7 heteroatoms. The summed E-state index contributed by atoms with van der Waals surface area (Å²) in [5.41, 5.74) is 11.0. The van der Waals surface area contributed by atoms with Gasteiger partial charge in [-0.05, 0) is 212 Å². The lowest BCUT2D eigenvalue weighted by atomic mass is 9.68. The molecule has 0 saturated carbocycles. The lowest BCUT2D eigenvalue weighted by Gasteiger charge is -2.46. The Balaban J connectivity index is 0.000000265. The minimum Gasteiger partial charge on any atom is -0.508 e. The Bertz CT molecular complexity index is 3290. The molecule has 0 fully saturated rings. The lowest BCUT2D eigenvalue weighted by Crippen LogP contribution is -2.45. The van der Waals surface area contributed by atoms with Gasteiger partial charge in [0.1, 0.15) is 51.8 Å². The van der Waals surface area contributed by atoms with E-state index in [-0.39, 0.29) is 28.4 Å². The number of phenols is 1. The van der Waals surface area contributed by atoms with Crippen molar-refractivity contribution in [1.82, 2.24) is 0 Å². The first-order chi connectivity index (χ1) is 46.2. The van der Waals surface area contributed by atoms with Gasteiger partial charge in [0.15, 0.2) is 5.78 Å². The summed E-state index contributed by atoms with van der Waals surface area (Å²) >= 11 is 0. The molecule has 0 spiro atoms. The van der Waals surface area contributed by atoms with Crippen molar-refractivity contribution in [3.8, 4) is 23.0 Å². The molecule has 0 saturated heterocycles. The minimum atomic E-state index is -1.68. The summed E-state index contributed by atoms with van der Waals surface area (Å²) in [7, 11) is 1.61. The van der Waals surface area contributed by atoms with Crippen LogP contribution < -0.4 is 30.1 Å². The number of halogens is 1. The van der Waals surface area contributed by atoms with Crippen LogP contribution in [0.5, 0.6) is 23.0 Å². The molecule has 1 N–H and O–H groups in total. The molecule has 5 nitrogen and oxygen atoms in total. The number of ether oxygens (including phenoxy) is 3. The van der Waals surface area contributed by atoms with Crippen LogP contribution in [-0.4, -0.2) is 36.4 Å². The number of rotatable bonds is 28. The van der Waals surface area contributed by atoms with E-state index < -0.39 is 7.26 Å². The van der Waals surface area contributed by atoms with Crippen LogP contribution in [0.2, 0.25) is 0 Å². The van der Waals surface area contributed by atoms with Crippen molar-refractivity contribution in [3.05, 3.63) is 227 Å². The number of carbonyl (C=O) groups excluding carboxylic acids is 1. The van der Waals surface area contributed by atoms with Crippen molar-refractivity contribution >= 4 is 51.5 Å². The topological polar surface area (TPSA) is 65.0 Å². The molecule has 0 radical (unpaired) electrons. The van der Waals surface area contributed by atoms with Gasteiger partial charge in [-0.15, -0.1) is 17.0 Å². The number of methoxy groups -OCH3 is 2. The van der Waals surface area contributed by atoms with Gasteiger partial charge in [0.2, 0.25) is 0 Å². The van der Waals surface area contributed by atoms with Crippen LogP contribution >= 0.6 is 24.2 Å². The highest BCUT2D eigenvalue weighted by Gasteiger charge is 2.50. The number of allylic oxidation sites excluding steroid dienone is 4. The monoisotopic (exact) mass is 1400 g/mol. The molecule has 7 unspecified atom stereocenters. The Morgan fingerprint density at radius 2 is 1.00 bits per heavy atom. The van der Waals surface area contributed by atoms with Gasteiger partial charge in [0.05, 0.1) is 19.9 Å². The average molecular weight is 1400 g/mol. The second-order valence-electron chi connectivity index (χ2n) is 28.3. The maximum absolute atomic E-state index is 10.9. The normalized spacial score (nSPS) is 16.0. The van der Waals surface area contributed by atoms with Gasteiger partial charge < -0.3 is 19.3 Å². The maximum Gasteiger partial charge on any atom is 0.159 e. The fourth-order valence-electron chi connectivity index (χ4n) is 14.0. The number of carbonyl (C=O) groups is 1. The summed E-state index contributed by atoms with van der Waals surface area (Å²) in [6.45, 7) is 33.7. The van der Waals surface area contributed by atoms with Crippen molar-refractivity contribution in [1.29, 1.82) is 0 Å². The second kappa shape index (κ2) is 44.0. The van der Waals surface area contributed by atoms with E-state index in [0.717, 1.165) is 23.2 Å². The zero-order valence-electron chi connectivity index (χ0n) is 63.1. The Hall–Kier alpha value is -6.20. The molecule has 0 amide bonds. The van der Waals surface area contributed by atoms with E-state index in [1.54, 1.807) is 38.5 Å². The van der Waals surface area contributed by atoms with Crippen LogP contribution in [0.25, 0.3) is 5.57 Å². The number of benzene rings is 7. The quantitative estimate of drug-likeness (QED) is 0.0229. The summed E-state index contributed by atoms with van der Waals surface area (Å²) in [6.07, 6.45) is 25.8. The number of aromatic hydroxyl groups is 1. The highest BCUT2D eigenvalue weighted by atomic mass is 79.9. The lowest BCUT2D eigenvalue weighted by molar-refractivity contribution is 0.0115. The Morgan fingerprint density at radius 3 is 1.47 bits per heavy atom. The van der Waals surface area contributed by atoms with Gasteiger partial charge in [0.25, 0.3) is 0 Å². The number of phenolic OH excluding ortho intramolecular Hbond substituents is 1. The van der Waals surface area contributed by atoms with Crippen LogP contribution in [0.4, 0.5) is 0 Å². The smallest absolute Gasteiger partial charge is 0.159 e. The molecule has 9 rings (SSSR count). The van der Waals surface area contributed by atoms with E-state index >= 15 is 0 Å². The van der Waals surface area contributed by atoms with Crippen molar-refractivity contribution < 1.29 is 24.1 Å². The predicted molar refractivity (Wildman–Crippen MR) is 429 cm³/mol. The molecule has 1 heterocycles. The Kier molecular flexibility index (Phi) is 37.8. The first-order valence-electron chi connectivity index (χ1n) is 37.0. The van der Waals surface area contributed by atoms with Crippen molar-refractivity contribution in [2.45, 2.75) is 248 Å². The predicted octanol–water partition coefficient (Wildman–Crippen LogP) is 25.8. The highest BCUT2D eigenvalue weighted by molar-refractivity contribution is 8.93. The second-order valence-corrected chi connectivity index (χ2v) is 32.1. The maximum atomic E-state index is 10.9. The van der Waals surface area contributed by atoms with Gasteiger partial charge >= 0.3 is 0 Å². The minimum absolute atomic E-state index is 0.